The quantitative estimate of drug-likeness (QED) is 0.207. The maximum absolute atomic E-state index is 9.77. The molecule has 0 aliphatic carbocycles. The van der Waals surface area contributed by atoms with Gasteiger partial charge in [-0.25, -0.2) is 0 Å². The molecule has 9 rings (SSSR count). The highest BCUT2D eigenvalue weighted by Gasteiger charge is 2.19. The summed E-state index contributed by atoms with van der Waals surface area (Å²) in [6.45, 7) is 0. The molecule has 0 bridgehead atoms. The lowest BCUT2D eigenvalue weighted by atomic mass is 9.95. The number of para-hydroxylation sites is 2. The van der Waals surface area contributed by atoms with E-state index in [1.807, 2.05) is 12.1 Å². The minimum absolute atomic E-state index is 0.493. The number of rotatable bonds is 3. The Kier molecular flexibility index (Phi) is 5.59. The molecule has 9 aromatic rings. The second-order valence-electron chi connectivity index (χ2n) is 11.6. The first-order chi connectivity index (χ1) is 22.7. The van der Waals surface area contributed by atoms with Crippen LogP contribution >= 0.6 is 0 Å². The number of hydrogen-bond donors (Lipinski definition) is 0. The molecule has 2 aromatic heterocycles. The Morgan fingerprint density at radius 2 is 0.935 bits per heavy atom. The van der Waals surface area contributed by atoms with Gasteiger partial charge in [-0.3, -0.25) is 0 Å². The fraction of sp³-hybridized carbons (Fsp3) is 0. The summed E-state index contributed by atoms with van der Waals surface area (Å²) in [6.07, 6.45) is 0. The van der Waals surface area contributed by atoms with Gasteiger partial charge in [0.15, 0.2) is 0 Å². The van der Waals surface area contributed by atoms with E-state index in [1.165, 1.54) is 37.8 Å². The van der Waals surface area contributed by atoms with Gasteiger partial charge in [0.05, 0.1) is 45.3 Å². The van der Waals surface area contributed by atoms with Crippen LogP contribution in [0.4, 0.5) is 0 Å². The summed E-state index contributed by atoms with van der Waals surface area (Å²) < 4.78 is 4.70. The minimum Gasteiger partial charge on any atom is -0.309 e. The van der Waals surface area contributed by atoms with Gasteiger partial charge in [-0.05, 0) is 77.0 Å². The zero-order valence-electron chi connectivity index (χ0n) is 24.6. The monoisotopic (exact) mass is 584 g/mol. The molecular weight excluding hydrogens is 560 g/mol. The first kappa shape index (κ1) is 25.8. The topological polar surface area (TPSA) is 57.4 Å². The summed E-state index contributed by atoms with van der Waals surface area (Å²) in [5.41, 5.74) is 9.18. The number of fused-ring (bicyclic) bond motifs is 7. The van der Waals surface area contributed by atoms with Crippen molar-refractivity contribution in [1.82, 2.24) is 9.13 Å². The molecule has 0 spiro atoms. The third kappa shape index (κ3) is 3.72. The molecule has 0 atom stereocenters. The summed E-state index contributed by atoms with van der Waals surface area (Å²) in [7, 11) is 0. The second-order valence-corrected chi connectivity index (χ2v) is 11.6. The first-order valence-corrected chi connectivity index (χ1v) is 15.2. The van der Waals surface area contributed by atoms with E-state index in [-0.39, 0.29) is 0 Å². The average molecular weight is 585 g/mol. The Bertz CT molecular complexity index is 2730. The van der Waals surface area contributed by atoms with E-state index < -0.39 is 0 Å². The van der Waals surface area contributed by atoms with Gasteiger partial charge in [0.2, 0.25) is 0 Å². The Morgan fingerprint density at radius 1 is 0.391 bits per heavy atom. The number of aromatic nitrogens is 2. The fourth-order valence-electron chi connectivity index (χ4n) is 7.13. The van der Waals surface area contributed by atoms with Gasteiger partial charge in [0, 0.05) is 38.5 Å². The van der Waals surface area contributed by atoms with Crippen LogP contribution in [0.25, 0.3) is 76.9 Å². The van der Waals surface area contributed by atoms with Crippen molar-refractivity contribution < 1.29 is 0 Å². The number of benzene rings is 7. The highest BCUT2D eigenvalue weighted by molar-refractivity contribution is 6.19. The van der Waals surface area contributed by atoms with Gasteiger partial charge in [-0.1, -0.05) is 84.9 Å². The molecule has 4 heteroatoms. The maximum atomic E-state index is 9.77. The third-order valence-electron chi connectivity index (χ3n) is 9.18. The number of nitrogens with zero attached hydrogens (tertiary/aromatic N) is 4. The van der Waals surface area contributed by atoms with Gasteiger partial charge < -0.3 is 9.13 Å². The highest BCUT2D eigenvalue weighted by atomic mass is 15.0. The van der Waals surface area contributed by atoms with Crippen LogP contribution in [0.3, 0.4) is 0 Å². The molecule has 0 aliphatic heterocycles. The fourth-order valence-corrected chi connectivity index (χ4v) is 7.13. The van der Waals surface area contributed by atoms with Gasteiger partial charge in [-0.2, -0.15) is 10.5 Å². The van der Waals surface area contributed by atoms with E-state index >= 15 is 0 Å². The average Bonchev–Trinajstić information content (AvgIpc) is 3.62. The molecule has 0 N–H and O–H groups in total. The summed E-state index contributed by atoms with van der Waals surface area (Å²) >= 11 is 0. The van der Waals surface area contributed by atoms with Crippen molar-refractivity contribution in [2.75, 3.05) is 0 Å². The molecule has 0 fully saturated rings. The van der Waals surface area contributed by atoms with Crippen LogP contribution in [0.2, 0.25) is 0 Å². The molecule has 0 saturated carbocycles. The van der Waals surface area contributed by atoms with Crippen LogP contribution in [0.15, 0.2) is 146 Å². The molecule has 2 heterocycles. The second kappa shape index (κ2) is 9.96. The van der Waals surface area contributed by atoms with Crippen molar-refractivity contribution in [2.24, 2.45) is 0 Å². The van der Waals surface area contributed by atoms with E-state index in [4.69, 9.17) is 0 Å². The Morgan fingerprint density at radius 3 is 1.57 bits per heavy atom. The zero-order chi connectivity index (χ0) is 30.8. The van der Waals surface area contributed by atoms with Crippen molar-refractivity contribution in [3.8, 4) is 34.6 Å². The van der Waals surface area contributed by atoms with Crippen LogP contribution in [0.1, 0.15) is 11.1 Å². The molecule has 0 amide bonds. The van der Waals surface area contributed by atoms with E-state index in [9.17, 15) is 10.5 Å². The molecule has 0 saturated heterocycles. The minimum atomic E-state index is 0.493. The lowest BCUT2D eigenvalue weighted by Gasteiger charge is -2.12. The Labute approximate surface area is 264 Å². The standard InChI is InChI=1S/C42H24N4/c43-25-30-10-7-11-31(26-44)42(30)28-17-19-32(20-18-28)45-38-14-5-3-12-34(38)36-23-37-35-13-4-6-15-39(35)46(41(37)24-40(36)45)33-21-16-27-8-1-2-9-29(27)22-33/h1-24H. The van der Waals surface area contributed by atoms with Crippen LogP contribution in [-0.4, -0.2) is 9.13 Å². The SMILES string of the molecule is N#Cc1cccc(C#N)c1-c1ccc(-n2c3ccccc3c3cc4c5ccccc5n(-c5ccc6ccccc6c5)c4cc32)cc1. The van der Waals surface area contributed by atoms with Crippen LogP contribution in [-0.2, 0) is 0 Å². The van der Waals surface area contributed by atoms with E-state index in [2.05, 4.69) is 137 Å². The normalized spacial score (nSPS) is 11.4. The molecule has 0 unspecified atom stereocenters. The van der Waals surface area contributed by atoms with Crippen LogP contribution in [0, 0.1) is 22.7 Å². The van der Waals surface area contributed by atoms with Gasteiger partial charge in [-0.15, -0.1) is 0 Å². The van der Waals surface area contributed by atoms with E-state index in [0.717, 1.165) is 33.5 Å². The van der Waals surface area contributed by atoms with Gasteiger partial charge in [0.1, 0.15) is 0 Å². The van der Waals surface area contributed by atoms with Crippen molar-refractivity contribution in [1.29, 1.82) is 10.5 Å². The number of hydrogen-bond acceptors (Lipinski definition) is 2. The predicted octanol–water partition coefficient (Wildman–Crippen LogP) is 10.4. The van der Waals surface area contributed by atoms with Gasteiger partial charge >= 0.3 is 0 Å². The maximum Gasteiger partial charge on any atom is 0.0998 e. The third-order valence-corrected chi connectivity index (χ3v) is 9.18. The van der Waals surface area contributed by atoms with Crippen LogP contribution < -0.4 is 0 Å². The number of nitriles is 2. The molecule has 0 aliphatic rings. The molecule has 4 nitrogen and oxygen atoms in total. The summed E-state index contributed by atoms with van der Waals surface area (Å²) in [5.74, 6) is 0. The van der Waals surface area contributed by atoms with Crippen molar-refractivity contribution >= 4 is 54.4 Å². The molecule has 46 heavy (non-hydrogen) atoms. The summed E-state index contributed by atoms with van der Waals surface area (Å²) in [5, 5.41) is 26.8. The summed E-state index contributed by atoms with van der Waals surface area (Å²) in [4.78, 5) is 0. The largest absolute Gasteiger partial charge is 0.309 e. The van der Waals surface area contributed by atoms with Gasteiger partial charge in [0.25, 0.3) is 0 Å². The van der Waals surface area contributed by atoms with Crippen LogP contribution in [0.5, 0.6) is 0 Å². The molecular formula is C42H24N4. The zero-order valence-corrected chi connectivity index (χ0v) is 24.6. The van der Waals surface area contributed by atoms with E-state index in [0.29, 0.717) is 16.7 Å². The highest BCUT2D eigenvalue weighted by Crippen LogP contribution is 2.40. The molecule has 7 aromatic carbocycles. The van der Waals surface area contributed by atoms with Crippen molar-refractivity contribution in [2.45, 2.75) is 0 Å². The first-order valence-electron chi connectivity index (χ1n) is 15.2. The van der Waals surface area contributed by atoms with E-state index in [1.54, 1.807) is 18.2 Å². The molecule has 212 valence electrons. The molecule has 0 radical (unpaired) electrons. The smallest absolute Gasteiger partial charge is 0.0998 e. The van der Waals surface area contributed by atoms with Crippen molar-refractivity contribution in [3.63, 3.8) is 0 Å². The lowest BCUT2D eigenvalue weighted by molar-refractivity contribution is 1.17. The Balaban J connectivity index is 1.32. The predicted molar refractivity (Wildman–Crippen MR) is 187 cm³/mol. The summed E-state index contributed by atoms with van der Waals surface area (Å²) in [6, 6.07) is 55.0. The Hall–Kier alpha value is -6.62. The van der Waals surface area contributed by atoms with Crippen molar-refractivity contribution in [3.05, 3.63) is 157 Å². The lowest BCUT2D eigenvalue weighted by Crippen LogP contribution is -1.96.